The number of benzene rings is 3. The normalized spacial score (nSPS) is 10.9. The van der Waals surface area contributed by atoms with E-state index >= 15 is 0 Å². The minimum absolute atomic E-state index is 0.301. The van der Waals surface area contributed by atoms with Crippen LogP contribution in [-0.2, 0) is 19.6 Å². The molecule has 3 rings (SSSR count). The van der Waals surface area contributed by atoms with Crippen molar-refractivity contribution in [2.24, 2.45) is 0 Å². The van der Waals surface area contributed by atoms with Gasteiger partial charge in [-0.05, 0) is 73.0 Å². The Labute approximate surface area is 203 Å². The predicted octanol–water partition coefficient (Wildman–Crippen LogP) is 7.61. The van der Waals surface area contributed by atoms with Gasteiger partial charge in [0.15, 0.2) is 11.5 Å². The van der Waals surface area contributed by atoms with Crippen LogP contribution >= 0.6 is 46.4 Å². The summed E-state index contributed by atoms with van der Waals surface area (Å²) >= 11 is 24.5. The Morgan fingerprint density at radius 1 is 0.742 bits per heavy atom. The lowest BCUT2D eigenvalue weighted by molar-refractivity contribution is 0.269. The molecule has 7 heteroatoms. The fourth-order valence-electron chi connectivity index (χ4n) is 3.03. The molecule has 0 atom stereocenters. The van der Waals surface area contributed by atoms with Crippen molar-refractivity contribution >= 4 is 46.4 Å². The minimum atomic E-state index is 0.301. The van der Waals surface area contributed by atoms with Crippen LogP contribution in [0.4, 0.5) is 0 Å². The first-order chi connectivity index (χ1) is 15.0. The van der Waals surface area contributed by atoms with Gasteiger partial charge in [0.2, 0.25) is 0 Å². The van der Waals surface area contributed by atoms with Crippen LogP contribution in [0.1, 0.15) is 23.6 Å². The third-order valence-corrected chi connectivity index (χ3v) is 5.84. The first-order valence-electron chi connectivity index (χ1n) is 9.93. The van der Waals surface area contributed by atoms with Crippen LogP contribution < -0.4 is 14.8 Å². The third-order valence-electron chi connectivity index (χ3n) is 4.57. The maximum atomic E-state index is 6.52. The van der Waals surface area contributed by atoms with Crippen LogP contribution in [0.3, 0.4) is 0 Å². The van der Waals surface area contributed by atoms with Gasteiger partial charge < -0.3 is 14.8 Å². The fourth-order valence-corrected chi connectivity index (χ4v) is 3.76. The van der Waals surface area contributed by atoms with Gasteiger partial charge in [-0.25, -0.2) is 0 Å². The standard InChI is InChI=1S/C24H23Cl4NO2/c1-2-30-23-13-18(14-29-10-9-16-3-6-19(25)7-4-16)12-22(28)24(23)31-15-17-5-8-20(26)21(27)11-17/h3-8,11-13,29H,2,9-10,14-15H2,1H3. The molecule has 31 heavy (non-hydrogen) atoms. The smallest absolute Gasteiger partial charge is 0.180 e. The average molecular weight is 499 g/mol. The average Bonchev–Trinajstić information content (AvgIpc) is 2.74. The first kappa shape index (κ1) is 24.0. The Balaban J connectivity index is 1.61. The molecule has 0 unspecified atom stereocenters. The van der Waals surface area contributed by atoms with E-state index in [1.807, 2.05) is 49.4 Å². The van der Waals surface area contributed by atoms with Crippen LogP contribution in [0.15, 0.2) is 54.6 Å². The molecule has 0 amide bonds. The molecule has 0 aromatic heterocycles. The fraction of sp³-hybridized carbons (Fsp3) is 0.250. The van der Waals surface area contributed by atoms with Gasteiger partial charge in [-0.1, -0.05) is 64.6 Å². The van der Waals surface area contributed by atoms with E-state index in [0.717, 1.165) is 29.1 Å². The van der Waals surface area contributed by atoms with Crippen molar-refractivity contribution in [3.05, 3.63) is 91.4 Å². The van der Waals surface area contributed by atoms with Crippen molar-refractivity contribution in [2.45, 2.75) is 26.5 Å². The summed E-state index contributed by atoms with van der Waals surface area (Å²) in [5.41, 5.74) is 3.14. The summed E-state index contributed by atoms with van der Waals surface area (Å²) < 4.78 is 11.7. The topological polar surface area (TPSA) is 30.5 Å². The van der Waals surface area contributed by atoms with Crippen LogP contribution in [0.25, 0.3) is 0 Å². The first-order valence-corrected chi connectivity index (χ1v) is 11.4. The molecule has 0 aliphatic carbocycles. The van der Waals surface area contributed by atoms with Crippen LogP contribution in [0, 0.1) is 0 Å². The summed E-state index contributed by atoms with van der Waals surface area (Å²) in [7, 11) is 0. The second-order valence-electron chi connectivity index (χ2n) is 6.93. The second kappa shape index (κ2) is 11.8. The molecule has 0 aliphatic heterocycles. The minimum Gasteiger partial charge on any atom is -0.490 e. The van der Waals surface area contributed by atoms with Gasteiger partial charge in [0, 0.05) is 11.6 Å². The van der Waals surface area contributed by atoms with Crippen molar-refractivity contribution < 1.29 is 9.47 Å². The SMILES string of the molecule is CCOc1cc(CNCCc2ccc(Cl)cc2)cc(Cl)c1OCc1ccc(Cl)c(Cl)c1. The number of ether oxygens (including phenoxy) is 2. The highest BCUT2D eigenvalue weighted by molar-refractivity contribution is 6.42. The van der Waals surface area contributed by atoms with E-state index in [2.05, 4.69) is 5.32 Å². The van der Waals surface area contributed by atoms with Gasteiger partial charge in [-0.15, -0.1) is 0 Å². The van der Waals surface area contributed by atoms with Crippen LogP contribution in [0.2, 0.25) is 20.1 Å². The van der Waals surface area contributed by atoms with E-state index in [1.165, 1.54) is 5.56 Å². The highest BCUT2D eigenvalue weighted by Crippen LogP contribution is 2.37. The number of halogens is 4. The predicted molar refractivity (Wildman–Crippen MR) is 130 cm³/mol. The van der Waals surface area contributed by atoms with E-state index < -0.39 is 0 Å². The largest absolute Gasteiger partial charge is 0.490 e. The quantitative estimate of drug-likeness (QED) is 0.292. The van der Waals surface area contributed by atoms with Crippen LogP contribution in [0.5, 0.6) is 11.5 Å². The molecule has 0 aliphatic rings. The molecule has 0 bridgehead atoms. The van der Waals surface area contributed by atoms with E-state index in [1.54, 1.807) is 12.1 Å². The molecule has 3 aromatic carbocycles. The molecule has 3 nitrogen and oxygen atoms in total. The zero-order valence-corrected chi connectivity index (χ0v) is 20.1. The summed E-state index contributed by atoms with van der Waals surface area (Å²) in [5, 5.41) is 5.67. The van der Waals surface area contributed by atoms with E-state index in [4.69, 9.17) is 55.9 Å². The Kier molecular flexibility index (Phi) is 9.18. The highest BCUT2D eigenvalue weighted by atomic mass is 35.5. The summed E-state index contributed by atoms with van der Waals surface area (Å²) in [6.07, 6.45) is 0.911. The lowest BCUT2D eigenvalue weighted by atomic mass is 10.1. The Morgan fingerprint density at radius 2 is 1.45 bits per heavy atom. The van der Waals surface area contributed by atoms with Crippen LogP contribution in [-0.4, -0.2) is 13.2 Å². The highest BCUT2D eigenvalue weighted by Gasteiger charge is 2.13. The summed E-state index contributed by atoms with van der Waals surface area (Å²) in [6, 6.07) is 17.1. The Hall–Kier alpha value is -1.62. The molecule has 0 saturated heterocycles. The Morgan fingerprint density at radius 3 is 2.16 bits per heavy atom. The number of hydrogen-bond donors (Lipinski definition) is 1. The Bertz CT molecular complexity index is 1010. The zero-order chi connectivity index (χ0) is 22.2. The molecule has 0 fully saturated rings. The number of nitrogens with one attached hydrogen (secondary N) is 1. The molecule has 0 saturated carbocycles. The molecule has 0 radical (unpaired) electrons. The lowest BCUT2D eigenvalue weighted by Crippen LogP contribution is -2.16. The van der Waals surface area contributed by atoms with Crippen molar-refractivity contribution in [3.63, 3.8) is 0 Å². The zero-order valence-electron chi connectivity index (χ0n) is 17.1. The molecular weight excluding hydrogens is 476 g/mol. The summed E-state index contributed by atoms with van der Waals surface area (Å²) in [4.78, 5) is 0. The van der Waals surface area contributed by atoms with E-state index in [-0.39, 0.29) is 0 Å². The molecule has 0 spiro atoms. The van der Waals surface area contributed by atoms with Gasteiger partial charge in [0.05, 0.1) is 21.7 Å². The van der Waals surface area contributed by atoms with Gasteiger partial charge in [-0.3, -0.25) is 0 Å². The molecular formula is C24H23Cl4NO2. The number of hydrogen-bond acceptors (Lipinski definition) is 3. The maximum Gasteiger partial charge on any atom is 0.180 e. The number of rotatable bonds is 10. The van der Waals surface area contributed by atoms with E-state index in [9.17, 15) is 0 Å². The van der Waals surface area contributed by atoms with Crippen molar-refractivity contribution in [1.82, 2.24) is 5.32 Å². The summed E-state index contributed by atoms with van der Waals surface area (Å²) in [5.74, 6) is 1.13. The lowest BCUT2D eigenvalue weighted by Gasteiger charge is -2.16. The monoisotopic (exact) mass is 497 g/mol. The van der Waals surface area contributed by atoms with E-state index in [0.29, 0.717) is 46.3 Å². The maximum absolute atomic E-state index is 6.52. The van der Waals surface area contributed by atoms with Gasteiger partial charge in [-0.2, -0.15) is 0 Å². The van der Waals surface area contributed by atoms with Crippen molar-refractivity contribution in [3.8, 4) is 11.5 Å². The molecule has 1 N–H and O–H groups in total. The van der Waals surface area contributed by atoms with Gasteiger partial charge in [0.25, 0.3) is 0 Å². The summed E-state index contributed by atoms with van der Waals surface area (Å²) in [6.45, 7) is 4.23. The van der Waals surface area contributed by atoms with Crippen molar-refractivity contribution in [1.29, 1.82) is 0 Å². The van der Waals surface area contributed by atoms with Crippen molar-refractivity contribution in [2.75, 3.05) is 13.2 Å². The third kappa shape index (κ3) is 7.20. The molecule has 3 aromatic rings. The molecule has 0 heterocycles. The molecule has 164 valence electrons. The second-order valence-corrected chi connectivity index (χ2v) is 8.59. The van der Waals surface area contributed by atoms with Gasteiger partial charge >= 0.3 is 0 Å². The van der Waals surface area contributed by atoms with Gasteiger partial charge in [0.1, 0.15) is 6.61 Å².